The lowest BCUT2D eigenvalue weighted by Gasteiger charge is -2.24. The Labute approximate surface area is 143 Å². The molecule has 2 heterocycles. The maximum atomic E-state index is 12.9. The van der Waals surface area contributed by atoms with E-state index in [0.717, 1.165) is 22.7 Å². The maximum absolute atomic E-state index is 12.9. The Balaban J connectivity index is 2.15. The van der Waals surface area contributed by atoms with Crippen LogP contribution >= 0.6 is 0 Å². The number of nitrogens with zero attached hydrogens (tertiary/aromatic N) is 2. The van der Waals surface area contributed by atoms with Crippen LogP contribution in [0.15, 0.2) is 28.9 Å². The Bertz CT molecular complexity index is 671. The molecule has 0 spiro atoms. The predicted octanol–water partition coefficient (Wildman–Crippen LogP) is 3.02. The first-order chi connectivity index (χ1) is 11.3. The number of ketones is 1. The average Bonchev–Trinajstić information content (AvgIpc) is 3.14. The summed E-state index contributed by atoms with van der Waals surface area (Å²) in [5, 5.41) is 9.42. The van der Waals surface area contributed by atoms with Crippen LogP contribution < -0.4 is 0 Å². The van der Waals surface area contributed by atoms with E-state index in [9.17, 15) is 9.90 Å². The largest absolute Gasteiger partial charge is 0.467 e. The zero-order chi connectivity index (χ0) is 17.9. The summed E-state index contributed by atoms with van der Waals surface area (Å²) in [6.07, 6.45) is 1.97. The monoisotopic (exact) mass is 332 g/mol. The molecular weight excluding hydrogens is 304 g/mol. The van der Waals surface area contributed by atoms with Gasteiger partial charge in [-0.2, -0.15) is 0 Å². The minimum absolute atomic E-state index is 0.113. The number of aliphatic hydroxyl groups excluding tert-OH is 1. The number of aliphatic hydroxyl groups is 1. The van der Waals surface area contributed by atoms with Crippen LogP contribution in [-0.2, 0) is 6.54 Å². The molecule has 0 saturated carbocycles. The highest BCUT2D eigenvalue weighted by atomic mass is 16.3. The molecule has 0 amide bonds. The Morgan fingerprint density at radius 1 is 1.38 bits per heavy atom. The Morgan fingerprint density at radius 2 is 2.08 bits per heavy atom. The van der Waals surface area contributed by atoms with Gasteiger partial charge in [-0.05, 0) is 59.4 Å². The molecular formula is C19H28N2O3. The van der Waals surface area contributed by atoms with Gasteiger partial charge in [0.25, 0.3) is 0 Å². The predicted molar refractivity (Wildman–Crippen MR) is 94.4 cm³/mol. The van der Waals surface area contributed by atoms with Crippen molar-refractivity contribution >= 4 is 5.78 Å². The van der Waals surface area contributed by atoms with Crippen molar-refractivity contribution in [2.24, 2.45) is 0 Å². The van der Waals surface area contributed by atoms with E-state index in [1.54, 1.807) is 13.2 Å². The molecule has 132 valence electrons. The first-order valence-corrected chi connectivity index (χ1v) is 8.43. The summed E-state index contributed by atoms with van der Waals surface area (Å²) < 4.78 is 7.53. The van der Waals surface area contributed by atoms with E-state index in [4.69, 9.17) is 4.42 Å². The second kappa shape index (κ2) is 7.81. The molecule has 1 N–H and O–H groups in total. The molecule has 0 saturated heterocycles. The summed E-state index contributed by atoms with van der Waals surface area (Å²) in [6.45, 7) is 8.99. The lowest BCUT2D eigenvalue weighted by atomic mass is 10.0. The summed E-state index contributed by atoms with van der Waals surface area (Å²) in [5.74, 6) is 0.986. The van der Waals surface area contributed by atoms with E-state index in [2.05, 4.69) is 4.57 Å². The van der Waals surface area contributed by atoms with Gasteiger partial charge in [-0.1, -0.05) is 0 Å². The van der Waals surface area contributed by atoms with E-state index in [1.807, 2.05) is 50.9 Å². The van der Waals surface area contributed by atoms with E-state index in [-0.39, 0.29) is 17.9 Å². The van der Waals surface area contributed by atoms with Crippen molar-refractivity contribution in [3.8, 4) is 0 Å². The third-order valence-corrected chi connectivity index (χ3v) is 4.67. The van der Waals surface area contributed by atoms with Crippen LogP contribution in [0.1, 0.15) is 47.8 Å². The van der Waals surface area contributed by atoms with Crippen molar-refractivity contribution in [3.63, 3.8) is 0 Å². The molecule has 5 heteroatoms. The fraction of sp³-hybridized carbons (Fsp3) is 0.526. The number of aryl methyl sites for hydroxylation is 1. The van der Waals surface area contributed by atoms with Crippen LogP contribution in [-0.4, -0.2) is 46.1 Å². The van der Waals surface area contributed by atoms with Gasteiger partial charge in [0.05, 0.1) is 25.0 Å². The number of hydrogen-bond donors (Lipinski definition) is 1. The third-order valence-electron chi connectivity index (χ3n) is 4.67. The fourth-order valence-corrected chi connectivity index (χ4v) is 2.86. The molecule has 0 aliphatic rings. The molecule has 0 bridgehead atoms. The van der Waals surface area contributed by atoms with Crippen molar-refractivity contribution in [1.82, 2.24) is 9.47 Å². The molecule has 0 fully saturated rings. The summed E-state index contributed by atoms with van der Waals surface area (Å²) in [7, 11) is 1.92. The van der Waals surface area contributed by atoms with Gasteiger partial charge in [-0.15, -0.1) is 0 Å². The highest BCUT2D eigenvalue weighted by molar-refractivity contribution is 6.01. The second-order valence-electron chi connectivity index (χ2n) is 6.61. The molecule has 5 nitrogen and oxygen atoms in total. The summed E-state index contributed by atoms with van der Waals surface area (Å²) in [5.41, 5.74) is 2.77. The first kappa shape index (κ1) is 18.5. The minimum atomic E-state index is -0.354. The highest BCUT2D eigenvalue weighted by Crippen LogP contribution is 2.20. The van der Waals surface area contributed by atoms with Gasteiger partial charge in [-0.3, -0.25) is 9.69 Å². The molecule has 2 atom stereocenters. The van der Waals surface area contributed by atoms with Crippen LogP contribution in [0.5, 0.6) is 0 Å². The van der Waals surface area contributed by atoms with Gasteiger partial charge in [0.2, 0.25) is 0 Å². The van der Waals surface area contributed by atoms with Gasteiger partial charge < -0.3 is 14.1 Å². The number of carbonyl (C=O) groups excluding carboxylic acids is 1. The van der Waals surface area contributed by atoms with E-state index >= 15 is 0 Å². The number of Topliss-reactive ketones (excluding diaryl/α,β-unsaturated/α-hetero) is 1. The highest BCUT2D eigenvalue weighted by Gasteiger charge is 2.24. The smallest absolute Gasteiger partial charge is 0.181 e. The first-order valence-electron chi connectivity index (χ1n) is 8.43. The van der Waals surface area contributed by atoms with Gasteiger partial charge in [0.15, 0.2) is 5.78 Å². The van der Waals surface area contributed by atoms with Crippen LogP contribution in [0.4, 0.5) is 0 Å². The van der Waals surface area contributed by atoms with Crippen molar-refractivity contribution in [2.75, 3.05) is 13.6 Å². The molecule has 0 aliphatic heterocycles. The van der Waals surface area contributed by atoms with Crippen LogP contribution in [0.25, 0.3) is 0 Å². The molecule has 0 aromatic carbocycles. The second-order valence-corrected chi connectivity index (χ2v) is 6.61. The van der Waals surface area contributed by atoms with E-state index in [0.29, 0.717) is 19.5 Å². The molecule has 0 radical (unpaired) electrons. The van der Waals surface area contributed by atoms with Gasteiger partial charge in [0.1, 0.15) is 5.76 Å². The molecule has 2 unspecified atom stereocenters. The van der Waals surface area contributed by atoms with Gasteiger partial charge in [0, 0.05) is 23.5 Å². The number of rotatable bonds is 8. The fourth-order valence-electron chi connectivity index (χ4n) is 2.86. The number of aromatic nitrogens is 1. The topological polar surface area (TPSA) is 58.6 Å². The van der Waals surface area contributed by atoms with E-state index < -0.39 is 0 Å². The normalized spacial score (nSPS) is 14.1. The quantitative estimate of drug-likeness (QED) is 0.755. The third kappa shape index (κ3) is 4.16. The summed E-state index contributed by atoms with van der Waals surface area (Å²) in [4.78, 5) is 14.9. The minimum Gasteiger partial charge on any atom is -0.467 e. The SMILES string of the molecule is Cc1cc(C(=O)C(C)N(C)CCC(C)O)c(C)n1Cc1ccco1. The molecule has 2 aromatic heterocycles. The molecule has 2 rings (SSSR count). The lowest BCUT2D eigenvalue weighted by Crippen LogP contribution is -2.37. The van der Waals surface area contributed by atoms with Crippen molar-refractivity contribution < 1.29 is 14.3 Å². The molecule has 24 heavy (non-hydrogen) atoms. The van der Waals surface area contributed by atoms with Crippen molar-refractivity contribution in [2.45, 2.75) is 52.8 Å². The molecule has 2 aromatic rings. The summed E-state index contributed by atoms with van der Waals surface area (Å²) in [6, 6.07) is 5.54. The van der Waals surface area contributed by atoms with Crippen LogP contribution in [0, 0.1) is 13.8 Å². The Kier molecular flexibility index (Phi) is 6.02. The van der Waals surface area contributed by atoms with Crippen LogP contribution in [0.3, 0.4) is 0 Å². The van der Waals surface area contributed by atoms with Gasteiger partial charge >= 0.3 is 0 Å². The Morgan fingerprint density at radius 3 is 2.67 bits per heavy atom. The van der Waals surface area contributed by atoms with Crippen molar-refractivity contribution in [1.29, 1.82) is 0 Å². The van der Waals surface area contributed by atoms with Gasteiger partial charge in [-0.25, -0.2) is 0 Å². The van der Waals surface area contributed by atoms with E-state index in [1.165, 1.54) is 0 Å². The molecule has 0 aliphatic carbocycles. The van der Waals surface area contributed by atoms with Crippen LogP contribution in [0.2, 0.25) is 0 Å². The number of likely N-dealkylation sites (N-methyl/N-ethyl adjacent to an activating group) is 1. The number of hydrogen-bond acceptors (Lipinski definition) is 4. The lowest BCUT2D eigenvalue weighted by molar-refractivity contribution is 0.0843. The summed E-state index contributed by atoms with van der Waals surface area (Å²) >= 11 is 0. The average molecular weight is 332 g/mol. The zero-order valence-corrected chi connectivity index (χ0v) is 15.2. The zero-order valence-electron chi connectivity index (χ0n) is 15.2. The number of furan rings is 1. The Hall–Kier alpha value is -1.85. The maximum Gasteiger partial charge on any atom is 0.181 e. The standard InChI is InChI=1S/C19H28N2O3/c1-13-11-18(15(3)21(13)12-17-7-6-10-24-17)19(23)16(4)20(5)9-8-14(2)22/h6-7,10-11,14,16,22H,8-9,12H2,1-5H3. The number of carbonyl (C=O) groups is 1. The van der Waals surface area contributed by atoms with Crippen molar-refractivity contribution in [3.05, 3.63) is 47.2 Å².